The van der Waals surface area contributed by atoms with Gasteiger partial charge in [-0.3, -0.25) is 5.10 Å². The van der Waals surface area contributed by atoms with Gasteiger partial charge in [0.05, 0.1) is 11.4 Å². The van der Waals surface area contributed by atoms with Gasteiger partial charge in [0.1, 0.15) is 11.6 Å². The minimum Gasteiger partial charge on any atom is -0.338 e. The molecular weight excluding hydrogens is 340 g/mol. The van der Waals surface area contributed by atoms with Crippen molar-refractivity contribution in [3.63, 3.8) is 0 Å². The monoisotopic (exact) mass is 349 g/mol. The van der Waals surface area contributed by atoms with E-state index in [4.69, 9.17) is 0 Å². The van der Waals surface area contributed by atoms with E-state index >= 15 is 0 Å². The number of aromatic nitrogens is 2. The highest BCUT2D eigenvalue weighted by atomic mass is 79.9. The van der Waals surface area contributed by atoms with Crippen molar-refractivity contribution in [3.05, 3.63) is 64.6 Å². The minimum atomic E-state index is -0.318. The molecule has 0 aliphatic rings. The average molecular weight is 350 g/mol. The predicted molar refractivity (Wildman–Crippen MR) is 81.4 cm³/mol. The van der Waals surface area contributed by atoms with Crippen molar-refractivity contribution in [3.8, 4) is 11.3 Å². The third-order valence-electron chi connectivity index (χ3n) is 2.93. The number of halogens is 3. The van der Waals surface area contributed by atoms with Crippen LogP contribution in [0.15, 0.2) is 53.0 Å². The van der Waals surface area contributed by atoms with E-state index in [0.29, 0.717) is 16.0 Å². The van der Waals surface area contributed by atoms with E-state index < -0.39 is 0 Å². The molecule has 21 heavy (non-hydrogen) atoms. The highest BCUT2D eigenvalue weighted by Gasteiger charge is 2.06. The van der Waals surface area contributed by atoms with Crippen molar-refractivity contribution in [2.75, 3.05) is 5.32 Å². The number of rotatable bonds is 3. The summed E-state index contributed by atoms with van der Waals surface area (Å²) in [4.78, 5) is 0. The Bertz CT molecular complexity index is 769. The number of nitrogens with zero attached hydrogens (tertiary/aromatic N) is 1. The van der Waals surface area contributed by atoms with E-state index in [1.807, 2.05) is 0 Å². The zero-order valence-corrected chi connectivity index (χ0v) is 12.3. The Hall–Kier alpha value is -2.21. The molecule has 2 aromatic carbocycles. The van der Waals surface area contributed by atoms with E-state index in [9.17, 15) is 8.78 Å². The lowest BCUT2D eigenvalue weighted by Crippen LogP contribution is -1.92. The fourth-order valence-corrected chi connectivity index (χ4v) is 2.34. The number of aromatic amines is 1. The zero-order chi connectivity index (χ0) is 14.8. The number of H-pyrrole nitrogens is 1. The molecule has 106 valence electrons. The molecule has 0 bridgehead atoms. The molecule has 1 heterocycles. The zero-order valence-electron chi connectivity index (χ0n) is 10.7. The summed E-state index contributed by atoms with van der Waals surface area (Å²) >= 11 is 3.28. The number of hydrogen-bond donors (Lipinski definition) is 2. The van der Waals surface area contributed by atoms with E-state index in [1.165, 1.54) is 24.3 Å². The lowest BCUT2D eigenvalue weighted by Gasteiger charge is -2.04. The van der Waals surface area contributed by atoms with E-state index in [2.05, 4.69) is 31.4 Å². The van der Waals surface area contributed by atoms with E-state index in [-0.39, 0.29) is 11.6 Å². The Kier molecular flexibility index (Phi) is 3.70. The van der Waals surface area contributed by atoms with Crippen molar-refractivity contribution >= 4 is 27.4 Å². The van der Waals surface area contributed by atoms with Gasteiger partial charge in [-0.2, -0.15) is 5.10 Å². The Labute approximate surface area is 128 Å². The maximum absolute atomic E-state index is 13.0. The molecule has 0 aliphatic heterocycles. The summed E-state index contributed by atoms with van der Waals surface area (Å²) in [5.41, 5.74) is 2.29. The van der Waals surface area contributed by atoms with Gasteiger partial charge in [-0.15, -0.1) is 0 Å². The molecule has 0 saturated carbocycles. The SMILES string of the molecule is Fc1ccc(-c2cc(Nc3ccc(F)cc3Br)n[nH]2)cc1. The Morgan fingerprint density at radius 2 is 1.67 bits per heavy atom. The Balaban J connectivity index is 1.83. The largest absolute Gasteiger partial charge is 0.338 e. The number of hydrogen-bond acceptors (Lipinski definition) is 2. The Morgan fingerprint density at radius 1 is 0.952 bits per heavy atom. The van der Waals surface area contributed by atoms with Crippen LogP contribution in [0.4, 0.5) is 20.3 Å². The molecule has 6 heteroatoms. The molecule has 0 unspecified atom stereocenters. The lowest BCUT2D eigenvalue weighted by molar-refractivity contribution is 0.627. The van der Waals surface area contributed by atoms with Gasteiger partial charge in [-0.25, -0.2) is 8.78 Å². The highest BCUT2D eigenvalue weighted by Crippen LogP contribution is 2.27. The summed E-state index contributed by atoms with van der Waals surface area (Å²) in [7, 11) is 0. The second kappa shape index (κ2) is 5.65. The van der Waals surface area contributed by atoms with Gasteiger partial charge in [0, 0.05) is 10.5 Å². The van der Waals surface area contributed by atoms with Gasteiger partial charge in [-0.1, -0.05) is 0 Å². The fraction of sp³-hybridized carbons (Fsp3) is 0. The molecule has 0 aliphatic carbocycles. The first-order valence-electron chi connectivity index (χ1n) is 6.15. The van der Waals surface area contributed by atoms with Gasteiger partial charge in [0.2, 0.25) is 0 Å². The molecule has 0 saturated heterocycles. The second-order valence-electron chi connectivity index (χ2n) is 4.42. The minimum absolute atomic E-state index is 0.285. The van der Waals surface area contributed by atoms with Gasteiger partial charge in [0.15, 0.2) is 5.82 Å². The van der Waals surface area contributed by atoms with Crippen molar-refractivity contribution in [2.45, 2.75) is 0 Å². The normalized spacial score (nSPS) is 10.6. The summed E-state index contributed by atoms with van der Waals surface area (Å²) in [6.45, 7) is 0. The third-order valence-corrected chi connectivity index (χ3v) is 3.58. The number of nitrogens with one attached hydrogen (secondary N) is 2. The van der Waals surface area contributed by atoms with Crippen LogP contribution < -0.4 is 5.32 Å². The first kappa shape index (κ1) is 13.8. The van der Waals surface area contributed by atoms with E-state index in [1.54, 1.807) is 24.3 Å². The van der Waals surface area contributed by atoms with Gasteiger partial charge >= 0.3 is 0 Å². The van der Waals surface area contributed by atoms with Crippen molar-refractivity contribution < 1.29 is 8.78 Å². The van der Waals surface area contributed by atoms with Crippen LogP contribution in [0.3, 0.4) is 0 Å². The standard InChI is InChI=1S/C15H10BrF2N3/c16-12-7-11(18)5-6-13(12)19-15-8-14(20-21-15)9-1-3-10(17)4-2-9/h1-8H,(H2,19,20,21). The van der Waals surface area contributed by atoms with Gasteiger partial charge in [0.25, 0.3) is 0 Å². The van der Waals surface area contributed by atoms with Crippen LogP contribution in [0, 0.1) is 11.6 Å². The molecule has 0 atom stereocenters. The lowest BCUT2D eigenvalue weighted by atomic mass is 10.1. The van der Waals surface area contributed by atoms with Crippen LogP contribution in [-0.4, -0.2) is 10.2 Å². The molecule has 3 aromatic rings. The topological polar surface area (TPSA) is 40.7 Å². The summed E-state index contributed by atoms with van der Waals surface area (Å²) in [5, 5.41) is 10.1. The molecule has 0 amide bonds. The average Bonchev–Trinajstić information content (AvgIpc) is 2.91. The predicted octanol–water partition coefficient (Wildman–Crippen LogP) is 4.86. The smallest absolute Gasteiger partial charge is 0.152 e. The van der Waals surface area contributed by atoms with Crippen LogP contribution in [0.25, 0.3) is 11.3 Å². The van der Waals surface area contributed by atoms with Crippen LogP contribution in [0.2, 0.25) is 0 Å². The van der Waals surface area contributed by atoms with Crippen molar-refractivity contribution in [1.29, 1.82) is 0 Å². The van der Waals surface area contributed by atoms with Crippen molar-refractivity contribution in [1.82, 2.24) is 10.2 Å². The molecule has 0 spiro atoms. The second-order valence-corrected chi connectivity index (χ2v) is 5.28. The molecule has 0 radical (unpaired) electrons. The maximum atomic E-state index is 13.0. The van der Waals surface area contributed by atoms with Crippen LogP contribution in [0.5, 0.6) is 0 Å². The van der Waals surface area contributed by atoms with Gasteiger partial charge in [-0.05, 0) is 64.0 Å². The molecule has 0 fully saturated rings. The first-order valence-corrected chi connectivity index (χ1v) is 6.94. The molecule has 3 rings (SSSR count). The molecular formula is C15H10BrF2N3. The number of benzene rings is 2. The molecule has 1 aromatic heterocycles. The number of anilines is 2. The molecule has 2 N–H and O–H groups in total. The Morgan fingerprint density at radius 3 is 2.38 bits per heavy atom. The maximum Gasteiger partial charge on any atom is 0.152 e. The summed E-state index contributed by atoms with van der Waals surface area (Å²) in [6, 6.07) is 12.3. The van der Waals surface area contributed by atoms with Crippen LogP contribution in [-0.2, 0) is 0 Å². The molecule has 3 nitrogen and oxygen atoms in total. The van der Waals surface area contributed by atoms with Crippen LogP contribution >= 0.6 is 15.9 Å². The highest BCUT2D eigenvalue weighted by molar-refractivity contribution is 9.10. The van der Waals surface area contributed by atoms with Crippen LogP contribution in [0.1, 0.15) is 0 Å². The first-order chi connectivity index (χ1) is 10.1. The van der Waals surface area contributed by atoms with Gasteiger partial charge < -0.3 is 5.32 Å². The quantitative estimate of drug-likeness (QED) is 0.708. The van der Waals surface area contributed by atoms with E-state index in [0.717, 1.165) is 11.3 Å². The third kappa shape index (κ3) is 3.11. The summed E-state index contributed by atoms with van der Waals surface area (Å²) < 4.78 is 26.5. The van der Waals surface area contributed by atoms with Crippen molar-refractivity contribution in [2.24, 2.45) is 0 Å². The summed E-state index contributed by atoms with van der Waals surface area (Å²) in [6.07, 6.45) is 0. The fourth-order valence-electron chi connectivity index (χ4n) is 1.89. The summed E-state index contributed by atoms with van der Waals surface area (Å²) in [5.74, 6) is -0.0186.